The van der Waals surface area contributed by atoms with Crippen molar-refractivity contribution in [2.45, 2.75) is 12.8 Å². The van der Waals surface area contributed by atoms with E-state index in [1.54, 1.807) is 24.1 Å². The summed E-state index contributed by atoms with van der Waals surface area (Å²) in [6.45, 7) is 5.13. The van der Waals surface area contributed by atoms with E-state index in [9.17, 15) is 19.7 Å². The Morgan fingerprint density at radius 2 is 1.80 bits per heavy atom. The van der Waals surface area contributed by atoms with Crippen molar-refractivity contribution >= 4 is 23.2 Å². The maximum absolute atomic E-state index is 12.9. The summed E-state index contributed by atoms with van der Waals surface area (Å²) in [4.78, 5) is 41.7. The largest absolute Gasteiger partial charge is 0.383 e. The molecule has 0 unspecified atom stereocenters. The topological polar surface area (TPSA) is 108 Å². The third-order valence-corrected chi connectivity index (χ3v) is 5.54. The van der Waals surface area contributed by atoms with Crippen LogP contribution in [0.25, 0.3) is 0 Å². The molecule has 2 aliphatic rings. The second-order valence-corrected chi connectivity index (χ2v) is 7.56. The first-order valence-electron chi connectivity index (χ1n) is 10.3. The summed E-state index contributed by atoms with van der Waals surface area (Å²) in [5, 5.41) is 14.4. The molecule has 10 heteroatoms. The van der Waals surface area contributed by atoms with Crippen molar-refractivity contribution in [2.75, 3.05) is 71.4 Å². The van der Waals surface area contributed by atoms with Gasteiger partial charge in [-0.2, -0.15) is 0 Å². The zero-order valence-corrected chi connectivity index (χ0v) is 17.3. The first-order chi connectivity index (χ1) is 14.5. The lowest BCUT2D eigenvalue weighted by Gasteiger charge is -2.35. The molecule has 0 bridgehead atoms. The molecular weight excluding hydrogens is 390 g/mol. The number of nitrogens with one attached hydrogen (secondary N) is 1. The van der Waals surface area contributed by atoms with Gasteiger partial charge in [-0.3, -0.25) is 24.6 Å². The monoisotopic (exact) mass is 419 g/mol. The van der Waals surface area contributed by atoms with Crippen LogP contribution in [0.3, 0.4) is 0 Å². The number of hydrogen-bond donors (Lipinski definition) is 1. The van der Waals surface area contributed by atoms with Gasteiger partial charge in [-0.25, -0.2) is 0 Å². The molecule has 0 aliphatic carbocycles. The molecule has 10 nitrogen and oxygen atoms in total. The molecular formula is C20H29N5O5. The second kappa shape index (κ2) is 10.4. The molecule has 2 amide bonds. The van der Waals surface area contributed by atoms with Gasteiger partial charge in [0.2, 0.25) is 5.91 Å². The predicted octanol–water partition coefficient (Wildman–Crippen LogP) is 1.03. The van der Waals surface area contributed by atoms with Crippen molar-refractivity contribution in [1.82, 2.24) is 14.7 Å². The van der Waals surface area contributed by atoms with Crippen molar-refractivity contribution in [3.05, 3.63) is 33.9 Å². The van der Waals surface area contributed by atoms with Crippen LogP contribution < -0.4 is 5.32 Å². The number of carbonyl (C=O) groups is 2. The number of nitrogens with zero attached hydrogens (tertiary/aromatic N) is 4. The third-order valence-electron chi connectivity index (χ3n) is 5.54. The third kappa shape index (κ3) is 5.45. The average Bonchev–Trinajstić information content (AvgIpc) is 3.29. The first kappa shape index (κ1) is 22.0. The zero-order chi connectivity index (χ0) is 21.5. The number of methoxy groups -OCH3 is 1. The number of ether oxygens (including phenoxy) is 1. The standard InChI is InChI=1S/C20H29N5O5/c1-30-13-6-21-17-5-4-16(14-18(17)25(28)29)20(27)24-11-9-22(10-12-24)15-19(26)23-7-2-3-8-23/h4-5,14,21H,2-3,6-13,15H2,1H3. The van der Waals surface area contributed by atoms with Gasteiger partial charge < -0.3 is 19.9 Å². The molecule has 0 spiro atoms. The quantitative estimate of drug-likeness (QED) is 0.381. The average molecular weight is 419 g/mol. The molecule has 164 valence electrons. The minimum atomic E-state index is -0.492. The van der Waals surface area contributed by atoms with Crippen LogP contribution in [0.1, 0.15) is 23.2 Å². The lowest BCUT2D eigenvalue weighted by atomic mass is 10.1. The summed E-state index contributed by atoms with van der Waals surface area (Å²) < 4.78 is 4.95. The van der Waals surface area contributed by atoms with E-state index in [2.05, 4.69) is 10.2 Å². The fourth-order valence-corrected chi connectivity index (χ4v) is 3.80. The molecule has 0 radical (unpaired) electrons. The number of hydrogen-bond acceptors (Lipinski definition) is 7. The normalized spacial score (nSPS) is 17.2. The molecule has 2 fully saturated rings. The number of benzene rings is 1. The summed E-state index contributed by atoms with van der Waals surface area (Å²) in [6.07, 6.45) is 2.14. The van der Waals surface area contributed by atoms with E-state index < -0.39 is 4.92 Å². The molecule has 2 aliphatic heterocycles. The van der Waals surface area contributed by atoms with Crippen LogP contribution in [0.15, 0.2) is 18.2 Å². The molecule has 30 heavy (non-hydrogen) atoms. The summed E-state index contributed by atoms with van der Waals surface area (Å²) in [6, 6.07) is 4.49. The smallest absolute Gasteiger partial charge is 0.293 e. The van der Waals surface area contributed by atoms with E-state index >= 15 is 0 Å². The van der Waals surface area contributed by atoms with Crippen LogP contribution in [0.5, 0.6) is 0 Å². The van der Waals surface area contributed by atoms with Gasteiger partial charge in [-0.1, -0.05) is 0 Å². The maximum Gasteiger partial charge on any atom is 0.293 e. The Morgan fingerprint density at radius 3 is 2.43 bits per heavy atom. The molecule has 3 rings (SSSR count). The van der Waals surface area contributed by atoms with Crippen molar-refractivity contribution in [2.24, 2.45) is 0 Å². The van der Waals surface area contributed by atoms with E-state index in [0.717, 1.165) is 25.9 Å². The van der Waals surface area contributed by atoms with Crippen LogP contribution in [-0.4, -0.2) is 97.5 Å². The van der Waals surface area contributed by atoms with Crippen LogP contribution in [0, 0.1) is 10.1 Å². The van der Waals surface area contributed by atoms with Gasteiger partial charge in [0.1, 0.15) is 5.69 Å². The Labute approximate surface area is 175 Å². The summed E-state index contributed by atoms with van der Waals surface area (Å²) >= 11 is 0. The number of piperazine rings is 1. The molecule has 1 N–H and O–H groups in total. The molecule has 0 saturated carbocycles. The van der Waals surface area contributed by atoms with Crippen LogP contribution in [-0.2, 0) is 9.53 Å². The fraction of sp³-hybridized carbons (Fsp3) is 0.600. The number of carbonyl (C=O) groups excluding carboxylic acids is 2. The number of nitro groups is 1. The summed E-state index contributed by atoms with van der Waals surface area (Å²) in [5.41, 5.74) is 0.520. The first-order valence-corrected chi connectivity index (χ1v) is 10.3. The van der Waals surface area contributed by atoms with Gasteiger partial charge in [0, 0.05) is 64.6 Å². The highest BCUT2D eigenvalue weighted by Gasteiger charge is 2.27. The van der Waals surface area contributed by atoms with Crippen LogP contribution >= 0.6 is 0 Å². The van der Waals surface area contributed by atoms with Crippen molar-refractivity contribution < 1.29 is 19.2 Å². The van der Waals surface area contributed by atoms with Gasteiger partial charge in [0.15, 0.2) is 0 Å². The Hall–Kier alpha value is -2.72. The van der Waals surface area contributed by atoms with Crippen molar-refractivity contribution in [3.63, 3.8) is 0 Å². The highest BCUT2D eigenvalue weighted by Crippen LogP contribution is 2.26. The van der Waals surface area contributed by atoms with Crippen molar-refractivity contribution in [3.8, 4) is 0 Å². The number of amides is 2. The van der Waals surface area contributed by atoms with Gasteiger partial charge >= 0.3 is 0 Å². The van der Waals surface area contributed by atoms with E-state index in [1.165, 1.54) is 6.07 Å². The zero-order valence-electron chi connectivity index (χ0n) is 17.3. The van der Waals surface area contributed by atoms with Crippen LogP contribution in [0.4, 0.5) is 11.4 Å². The number of rotatable bonds is 8. The van der Waals surface area contributed by atoms with Gasteiger partial charge in [-0.05, 0) is 25.0 Å². The Bertz CT molecular complexity index is 773. The van der Waals surface area contributed by atoms with E-state index in [1.807, 2.05) is 4.90 Å². The Balaban J connectivity index is 1.57. The minimum Gasteiger partial charge on any atom is -0.383 e. The fourth-order valence-electron chi connectivity index (χ4n) is 3.80. The second-order valence-electron chi connectivity index (χ2n) is 7.56. The molecule has 1 aromatic carbocycles. The van der Waals surface area contributed by atoms with Gasteiger partial charge in [0.25, 0.3) is 11.6 Å². The number of nitro benzene ring substituents is 1. The molecule has 2 saturated heterocycles. The predicted molar refractivity (Wildman–Crippen MR) is 112 cm³/mol. The lowest BCUT2D eigenvalue weighted by Crippen LogP contribution is -2.51. The molecule has 0 atom stereocenters. The molecule has 1 aromatic rings. The molecule has 0 aromatic heterocycles. The minimum absolute atomic E-state index is 0.133. The Kier molecular flexibility index (Phi) is 7.58. The van der Waals surface area contributed by atoms with Gasteiger partial charge in [-0.15, -0.1) is 0 Å². The van der Waals surface area contributed by atoms with E-state index in [-0.39, 0.29) is 17.5 Å². The molecule has 2 heterocycles. The Morgan fingerprint density at radius 1 is 1.10 bits per heavy atom. The number of likely N-dealkylation sites (tertiary alicyclic amines) is 1. The lowest BCUT2D eigenvalue weighted by molar-refractivity contribution is -0.384. The van der Waals surface area contributed by atoms with E-state index in [0.29, 0.717) is 57.1 Å². The summed E-state index contributed by atoms with van der Waals surface area (Å²) in [5.74, 6) is -0.0773. The number of anilines is 1. The highest BCUT2D eigenvalue weighted by molar-refractivity contribution is 5.96. The van der Waals surface area contributed by atoms with Crippen molar-refractivity contribution in [1.29, 1.82) is 0 Å². The summed E-state index contributed by atoms with van der Waals surface area (Å²) in [7, 11) is 1.56. The maximum atomic E-state index is 12.9. The van der Waals surface area contributed by atoms with Gasteiger partial charge in [0.05, 0.1) is 18.1 Å². The van der Waals surface area contributed by atoms with Crippen LogP contribution in [0.2, 0.25) is 0 Å². The SMILES string of the molecule is COCCNc1ccc(C(=O)N2CCN(CC(=O)N3CCCC3)CC2)cc1[N+](=O)[O-]. The van der Waals surface area contributed by atoms with E-state index in [4.69, 9.17) is 4.74 Å². The highest BCUT2D eigenvalue weighted by atomic mass is 16.6.